The molecule has 9 heteroatoms. The lowest BCUT2D eigenvalue weighted by molar-refractivity contribution is -0.121. The molecule has 1 aromatic heterocycles. The fourth-order valence-electron chi connectivity index (χ4n) is 1.92. The van der Waals surface area contributed by atoms with E-state index >= 15 is 0 Å². The Hall–Kier alpha value is -1.87. The number of carbonyl (C=O) groups is 2. The largest absolute Gasteiger partial charge is 0.478 e. The Bertz CT molecular complexity index is 662. The molecule has 0 saturated heterocycles. The molecule has 0 unspecified atom stereocenters. The maximum absolute atomic E-state index is 12.5. The molecule has 0 spiro atoms. The van der Waals surface area contributed by atoms with Crippen molar-refractivity contribution >= 4 is 21.9 Å². The van der Waals surface area contributed by atoms with E-state index in [0.29, 0.717) is 6.54 Å². The van der Waals surface area contributed by atoms with Gasteiger partial charge >= 0.3 is 5.97 Å². The third kappa shape index (κ3) is 3.42. The van der Waals surface area contributed by atoms with Crippen LogP contribution in [0, 0.1) is 13.8 Å². The maximum Gasteiger partial charge on any atom is 0.340 e. The number of hydrogen-bond acceptors (Lipinski definition) is 5. The van der Waals surface area contributed by atoms with Crippen molar-refractivity contribution in [1.29, 1.82) is 0 Å². The summed E-state index contributed by atoms with van der Waals surface area (Å²) in [6.07, 6.45) is 0. The van der Waals surface area contributed by atoms with Crippen molar-refractivity contribution in [1.82, 2.24) is 9.62 Å². The number of furan rings is 1. The smallest absolute Gasteiger partial charge is 0.340 e. The fourth-order valence-corrected chi connectivity index (χ4v) is 3.41. The van der Waals surface area contributed by atoms with Crippen molar-refractivity contribution in [2.75, 3.05) is 20.1 Å². The van der Waals surface area contributed by atoms with Gasteiger partial charge in [0.2, 0.25) is 15.9 Å². The van der Waals surface area contributed by atoms with Gasteiger partial charge in [-0.05, 0) is 20.8 Å². The highest BCUT2D eigenvalue weighted by Gasteiger charge is 2.34. The summed E-state index contributed by atoms with van der Waals surface area (Å²) in [5, 5.41) is 11.6. The molecular formula is C12H18N2O6S. The number of nitrogens with one attached hydrogen (secondary N) is 1. The first-order valence-corrected chi connectivity index (χ1v) is 7.63. The van der Waals surface area contributed by atoms with Gasteiger partial charge in [0.15, 0.2) is 0 Å². The molecule has 0 saturated carbocycles. The second-order valence-corrected chi connectivity index (χ2v) is 6.42. The lowest BCUT2D eigenvalue weighted by Gasteiger charge is -2.16. The minimum Gasteiger partial charge on any atom is -0.478 e. The van der Waals surface area contributed by atoms with Crippen molar-refractivity contribution in [2.45, 2.75) is 25.7 Å². The van der Waals surface area contributed by atoms with Crippen LogP contribution in [0.25, 0.3) is 0 Å². The quantitative estimate of drug-likeness (QED) is 0.781. The number of likely N-dealkylation sites (N-methyl/N-ethyl adjacent to an activating group) is 2. The zero-order valence-corrected chi connectivity index (χ0v) is 13.1. The first-order valence-electron chi connectivity index (χ1n) is 6.19. The molecule has 0 atom stereocenters. The van der Waals surface area contributed by atoms with E-state index in [0.717, 1.165) is 4.31 Å². The Labute approximate surface area is 122 Å². The summed E-state index contributed by atoms with van der Waals surface area (Å²) in [5.41, 5.74) is -0.407. The van der Waals surface area contributed by atoms with Crippen LogP contribution in [0.2, 0.25) is 0 Å². The molecule has 0 aliphatic rings. The SMILES string of the molecule is CCNC(=O)CN(C)S(=O)(=O)c1c(C)oc(C)c1C(=O)O. The van der Waals surface area contributed by atoms with Crippen molar-refractivity contribution in [3.05, 3.63) is 17.1 Å². The zero-order chi connectivity index (χ0) is 16.4. The topological polar surface area (TPSA) is 117 Å². The fraction of sp³-hybridized carbons (Fsp3) is 0.500. The summed E-state index contributed by atoms with van der Waals surface area (Å²) in [6.45, 7) is 4.42. The van der Waals surface area contributed by atoms with Gasteiger partial charge < -0.3 is 14.8 Å². The van der Waals surface area contributed by atoms with Crippen molar-refractivity contribution in [3.63, 3.8) is 0 Å². The number of aromatic carboxylic acids is 1. The first-order chi connectivity index (χ1) is 9.62. The van der Waals surface area contributed by atoms with E-state index in [-0.39, 0.29) is 11.5 Å². The van der Waals surface area contributed by atoms with E-state index in [4.69, 9.17) is 9.52 Å². The molecule has 0 radical (unpaired) electrons. The summed E-state index contributed by atoms with van der Waals surface area (Å²) in [4.78, 5) is 22.3. The molecule has 0 aromatic carbocycles. The van der Waals surface area contributed by atoms with Crippen molar-refractivity contribution < 1.29 is 27.5 Å². The maximum atomic E-state index is 12.5. The number of nitrogens with zero attached hydrogens (tertiary/aromatic N) is 1. The Morgan fingerprint density at radius 3 is 2.33 bits per heavy atom. The molecule has 1 rings (SSSR count). The van der Waals surface area contributed by atoms with Crippen molar-refractivity contribution in [3.8, 4) is 0 Å². The normalized spacial score (nSPS) is 11.7. The van der Waals surface area contributed by atoms with E-state index in [1.54, 1.807) is 6.92 Å². The molecule has 0 aliphatic carbocycles. The molecule has 1 amide bonds. The summed E-state index contributed by atoms with van der Waals surface area (Å²) < 4.78 is 30.8. The predicted molar refractivity (Wildman–Crippen MR) is 73.6 cm³/mol. The van der Waals surface area contributed by atoms with Crippen LogP contribution in [-0.2, 0) is 14.8 Å². The monoisotopic (exact) mass is 318 g/mol. The molecule has 1 aromatic rings. The number of amides is 1. The van der Waals surface area contributed by atoms with Gasteiger partial charge in [0.1, 0.15) is 22.0 Å². The van der Waals surface area contributed by atoms with Gasteiger partial charge in [0, 0.05) is 13.6 Å². The number of rotatable bonds is 6. The minimum atomic E-state index is -4.14. The number of aryl methyl sites for hydroxylation is 2. The number of sulfonamides is 1. The predicted octanol–water partition coefficient (Wildman–Crippen LogP) is 0.351. The molecule has 0 fully saturated rings. The average molecular weight is 318 g/mol. The van der Waals surface area contributed by atoms with Gasteiger partial charge in [-0.3, -0.25) is 4.79 Å². The lowest BCUT2D eigenvalue weighted by Crippen LogP contribution is -2.38. The van der Waals surface area contributed by atoms with Gasteiger partial charge in [-0.15, -0.1) is 0 Å². The second kappa shape index (κ2) is 6.27. The van der Waals surface area contributed by atoms with Crippen LogP contribution in [0.15, 0.2) is 9.31 Å². The Morgan fingerprint density at radius 1 is 1.29 bits per heavy atom. The standard InChI is InChI=1S/C12H18N2O6S/c1-5-13-9(15)6-14(4)21(18,19)11-8(3)20-7(2)10(11)12(16)17/h5-6H2,1-4H3,(H,13,15)(H,16,17). The third-order valence-electron chi connectivity index (χ3n) is 2.83. The van der Waals surface area contributed by atoms with E-state index in [1.807, 2.05) is 0 Å². The number of carbonyl (C=O) groups excluding carboxylic acids is 1. The molecule has 2 N–H and O–H groups in total. The molecule has 0 aliphatic heterocycles. The minimum absolute atomic E-state index is 0.00462. The molecule has 1 heterocycles. The zero-order valence-electron chi connectivity index (χ0n) is 12.3. The van der Waals surface area contributed by atoms with E-state index in [2.05, 4.69) is 5.32 Å². The highest BCUT2D eigenvalue weighted by atomic mass is 32.2. The van der Waals surface area contributed by atoms with Crippen LogP contribution in [-0.4, -0.2) is 49.8 Å². The highest BCUT2D eigenvalue weighted by Crippen LogP contribution is 2.28. The summed E-state index contributed by atoms with van der Waals surface area (Å²) in [5.74, 6) is -1.88. The molecular weight excluding hydrogens is 300 g/mol. The van der Waals surface area contributed by atoms with Gasteiger partial charge in [-0.2, -0.15) is 4.31 Å². The van der Waals surface area contributed by atoms with Crippen LogP contribution >= 0.6 is 0 Å². The van der Waals surface area contributed by atoms with Gasteiger partial charge in [-0.25, -0.2) is 13.2 Å². The van der Waals surface area contributed by atoms with Gasteiger partial charge in [0.05, 0.1) is 6.54 Å². The average Bonchev–Trinajstić information content (AvgIpc) is 2.64. The van der Waals surface area contributed by atoms with E-state index in [1.165, 1.54) is 20.9 Å². The number of carboxylic acids is 1. The summed E-state index contributed by atoms with van der Waals surface area (Å²) in [7, 11) is -2.93. The number of carboxylic acid groups (broad SMARTS) is 1. The van der Waals surface area contributed by atoms with Crippen LogP contribution < -0.4 is 5.32 Å². The highest BCUT2D eigenvalue weighted by molar-refractivity contribution is 7.89. The molecule has 21 heavy (non-hydrogen) atoms. The molecule has 0 bridgehead atoms. The van der Waals surface area contributed by atoms with Crippen LogP contribution in [0.1, 0.15) is 28.8 Å². The van der Waals surface area contributed by atoms with Gasteiger partial charge in [-0.1, -0.05) is 0 Å². The molecule has 8 nitrogen and oxygen atoms in total. The lowest BCUT2D eigenvalue weighted by atomic mass is 10.2. The first kappa shape index (κ1) is 17.2. The number of hydrogen-bond donors (Lipinski definition) is 2. The Kier molecular flexibility index (Phi) is 5.13. The third-order valence-corrected chi connectivity index (χ3v) is 4.78. The second-order valence-electron chi connectivity index (χ2n) is 4.44. The summed E-state index contributed by atoms with van der Waals surface area (Å²) >= 11 is 0. The Morgan fingerprint density at radius 2 is 1.86 bits per heavy atom. The van der Waals surface area contributed by atoms with Crippen molar-refractivity contribution in [2.24, 2.45) is 0 Å². The van der Waals surface area contributed by atoms with Crippen LogP contribution in [0.5, 0.6) is 0 Å². The molecule has 118 valence electrons. The summed E-state index contributed by atoms with van der Waals surface area (Å²) in [6, 6.07) is 0. The van der Waals surface area contributed by atoms with Crippen LogP contribution in [0.3, 0.4) is 0 Å². The van der Waals surface area contributed by atoms with Crippen LogP contribution in [0.4, 0.5) is 0 Å². The van der Waals surface area contributed by atoms with Gasteiger partial charge in [0.25, 0.3) is 0 Å². The van der Waals surface area contributed by atoms with E-state index < -0.39 is 38.9 Å². The Balaban J connectivity index is 3.26. The van der Waals surface area contributed by atoms with E-state index in [9.17, 15) is 18.0 Å².